The lowest BCUT2D eigenvalue weighted by Gasteiger charge is -2.05. The molecule has 0 unspecified atom stereocenters. The molecule has 1 aromatic heterocycles. The number of fused-ring (bicyclic) bond motifs is 1. The van der Waals surface area contributed by atoms with Gasteiger partial charge in [0.2, 0.25) is 5.91 Å². The number of benzene rings is 2. The van der Waals surface area contributed by atoms with Gasteiger partial charge in [-0.3, -0.25) is 4.79 Å². The van der Waals surface area contributed by atoms with Crippen LogP contribution in [0.3, 0.4) is 0 Å². The summed E-state index contributed by atoms with van der Waals surface area (Å²) in [4.78, 5) is 12.2. The zero-order chi connectivity index (χ0) is 16.4. The van der Waals surface area contributed by atoms with Gasteiger partial charge in [-0.1, -0.05) is 12.1 Å². The van der Waals surface area contributed by atoms with E-state index in [9.17, 15) is 4.79 Å². The third-order valence-electron chi connectivity index (χ3n) is 3.99. The molecule has 0 radical (unpaired) electrons. The molecule has 0 fully saturated rings. The average molecular weight is 304 g/mol. The maximum Gasteiger partial charge on any atom is 0.228 e. The molecule has 0 aliphatic heterocycles. The zero-order valence-corrected chi connectivity index (χ0v) is 13.0. The van der Waals surface area contributed by atoms with E-state index in [1.54, 1.807) is 30.5 Å². The second-order valence-electron chi connectivity index (χ2n) is 5.56. The fourth-order valence-corrected chi connectivity index (χ4v) is 2.53. The summed E-state index contributed by atoms with van der Waals surface area (Å²) < 4.78 is 5.63. The van der Waals surface area contributed by atoms with Gasteiger partial charge in [0.25, 0.3) is 0 Å². The molecule has 0 saturated carbocycles. The van der Waals surface area contributed by atoms with Crippen LogP contribution in [-0.2, 0) is 11.2 Å². The molecule has 4 nitrogen and oxygen atoms in total. The van der Waals surface area contributed by atoms with E-state index in [-0.39, 0.29) is 12.3 Å². The predicted molar refractivity (Wildman–Crippen MR) is 89.2 cm³/mol. The Morgan fingerprint density at radius 2 is 1.91 bits per heavy atom. The van der Waals surface area contributed by atoms with E-state index in [1.165, 1.54) is 5.56 Å². The van der Waals surface area contributed by atoms with Gasteiger partial charge in [-0.15, -0.1) is 0 Å². The number of nitrogens with one attached hydrogen (secondary N) is 1. The van der Waals surface area contributed by atoms with E-state index in [0.29, 0.717) is 11.3 Å². The maximum atomic E-state index is 12.2. The van der Waals surface area contributed by atoms with Crippen molar-refractivity contribution in [2.24, 2.45) is 0 Å². The Morgan fingerprint density at radius 3 is 2.61 bits per heavy atom. The highest BCUT2D eigenvalue weighted by Crippen LogP contribution is 2.27. The van der Waals surface area contributed by atoms with Crippen molar-refractivity contribution in [3.05, 3.63) is 64.9 Å². The molecule has 0 bridgehead atoms. The van der Waals surface area contributed by atoms with Crippen LogP contribution >= 0.6 is 0 Å². The van der Waals surface area contributed by atoms with Crippen molar-refractivity contribution < 1.29 is 9.21 Å². The first-order chi connectivity index (χ1) is 11.1. The van der Waals surface area contributed by atoms with Gasteiger partial charge in [0.15, 0.2) is 0 Å². The maximum absolute atomic E-state index is 12.2. The number of amides is 1. The average Bonchev–Trinajstić information content (AvgIpc) is 2.95. The lowest BCUT2D eigenvalue weighted by molar-refractivity contribution is -0.115. The molecule has 23 heavy (non-hydrogen) atoms. The summed E-state index contributed by atoms with van der Waals surface area (Å²) in [5.74, 6) is -0.115. The second-order valence-corrected chi connectivity index (χ2v) is 5.56. The Morgan fingerprint density at radius 1 is 1.17 bits per heavy atom. The van der Waals surface area contributed by atoms with Crippen LogP contribution in [0.25, 0.3) is 11.0 Å². The number of nitriles is 1. The number of carbonyl (C=O) groups is 1. The minimum Gasteiger partial charge on any atom is -0.464 e. The summed E-state index contributed by atoms with van der Waals surface area (Å²) in [7, 11) is 0. The Hall–Kier alpha value is -3.06. The monoisotopic (exact) mass is 304 g/mol. The summed E-state index contributed by atoms with van der Waals surface area (Å²) in [6.45, 7) is 4.05. The van der Waals surface area contributed by atoms with Crippen molar-refractivity contribution in [2.75, 3.05) is 5.32 Å². The van der Waals surface area contributed by atoms with Crippen LogP contribution in [0.2, 0.25) is 0 Å². The van der Waals surface area contributed by atoms with Crippen LogP contribution in [0.15, 0.2) is 47.1 Å². The molecular weight excluding hydrogens is 288 g/mol. The topological polar surface area (TPSA) is 66.0 Å². The molecule has 2 aromatic carbocycles. The van der Waals surface area contributed by atoms with Gasteiger partial charge in [-0.25, -0.2) is 0 Å². The van der Waals surface area contributed by atoms with Gasteiger partial charge in [-0.2, -0.15) is 5.26 Å². The first-order valence-corrected chi connectivity index (χ1v) is 7.35. The Balaban J connectivity index is 1.77. The minimum absolute atomic E-state index is 0.115. The molecule has 1 heterocycles. The predicted octanol–water partition coefficient (Wildman–Crippen LogP) is 4.10. The normalized spacial score (nSPS) is 10.5. The van der Waals surface area contributed by atoms with Crippen LogP contribution in [0.5, 0.6) is 0 Å². The molecule has 0 aliphatic rings. The van der Waals surface area contributed by atoms with Crippen LogP contribution in [-0.4, -0.2) is 5.91 Å². The zero-order valence-electron chi connectivity index (χ0n) is 13.0. The summed E-state index contributed by atoms with van der Waals surface area (Å²) in [5.41, 5.74) is 5.21. The third kappa shape index (κ3) is 2.95. The van der Waals surface area contributed by atoms with E-state index in [1.807, 2.05) is 32.0 Å². The Kier molecular flexibility index (Phi) is 3.86. The lowest BCUT2D eigenvalue weighted by atomic mass is 10.0. The quantitative estimate of drug-likeness (QED) is 0.792. The number of nitrogens with zero attached hydrogens (tertiary/aromatic N) is 1. The summed E-state index contributed by atoms with van der Waals surface area (Å²) >= 11 is 0. The molecule has 1 amide bonds. The van der Waals surface area contributed by atoms with Crippen molar-refractivity contribution in [3.8, 4) is 6.07 Å². The number of hydrogen-bond donors (Lipinski definition) is 1. The SMILES string of the molecule is Cc1ccc2c(CC(=O)Nc3ccc(C#N)cc3)coc2c1C. The van der Waals surface area contributed by atoms with E-state index < -0.39 is 0 Å². The summed E-state index contributed by atoms with van der Waals surface area (Å²) in [5, 5.41) is 12.6. The number of anilines is 1. The van der Waals surface area contributed by atoms with Crippen molar-refractivity contribution in [1.29, 1.82) is 5.26 Å². The first-order valence-electron chi connectivity index (χ1n) is 7.35. The molecule has 3 rings (SSSR count). The third-order valence-corrected chi connectivity index (χ3v) is 3.99. The molecule has 114 valence electrons. The number of rotatable bonds is 3. The molecule has 1 N–H and O–H groups in total. The van der Waals surface area contributed by atoms with E-state index in [4.69, 9.17) is 9.68 Å². The summed E-state index contributed by atoms with van der Waals surface area (Å²) in [6.07, 6.45) is 1.89. The molecule has 0 aliphatic carbocycles. The molecule has 3 aromatic rings. The number of carbonyl (C=O) groups excluding carboxylic acids is 1. The van der Waals surface area contributed by atoms with Gasteiger partial charge in [0.05, 0.1) is 24.3 Å². The van der Waals surface area contributed by atoms with Crippen LogP contribution < -0.4 is 5.32 Å². The van der Waals surface area contributed by atoms with E-state index in [0.717, 1.165) is 22.1 Å². The van der Waals surface area contributed by atoms with Crippen molar-refractivity contribution in [1.82, 2.24) is 0 Å². The highest BCUT2D eigenvalue weighted by Gasteiger charge is 2.13. The van der Waals surface area contributed by atoms with Crippen molar-refractivity contribution >= 4 is 22.6 Å². The first kappa shape index (κ1) is 14.9. The van der Waals surface area contributed by atoms with Gasteiger partial charge in [0.1, 0.15) is 5.58 Å². The van der Waals surface area contributed by atoms with Crippen LogP contribution in [0.4, 0.5) is 5.69 Å². The van der Waals surface area contributed by atoms with E-state index >= 15 is 0 Å². The van der Waals surface area contributed by atoms with Crippen LogP contribution in [0, 0.1) is 25.2 Å². The standard InChI is InChI=1S/C19H16N2O2/c1-12-3-8-17-15(11-23-19(17)13(12)2)9-18(22)21-16-6-4-14(10-20)5-7-16/h3-8,11H,9H2,1-2H3,(H,21,22). The van der Waals surface area contributed by atoms with Crippen LogP contribution in [0.1, 0.15) is 22.3 Å². The van der Waals surface area contributed by atoms with Gasteiger partial charge >= 0.3 is 0 Å². The molecule has 4 heteroatoms. The fraction of sp³-hybridized carbons (Fsp3) is 0.158. The van der Waals surface area contributed by atoms with Crippen molar-refractivity contribution in [2.45, 2.75) is 20.3 Å². The Labute approximate surface area is 134 Å². The number of furan rings is 1. The van der Waals surface area contributed by atoms with Gasteiger partial charge in [0, 0.05) is 16.6 Å². The highest BCUT2D eigenvalue weighted by atomic mass is 16.3. The minimum atomic E-state index is -0.115. The van der Waals surface area contributed by atoms with E-state index in [2.05, 4.69) is 5.32 Å². The number of hydrogen-bond acceptors (Lipinski definition) is 3. The largest absolute Gasteiger partial charge is 0.464 e. The van der Waals surface area contributed by atoms with Gasteiger partial charge < -0.3 is 9.73 Å². The smallest absolute Gasteiger partial charge is 0.228 e. The fourth-order valence-electron chi connectivity index (χ4n) is 2.53. The van der Waals surface area contributed by atoms with Gasteiger partial charge in [-0.05, 0) is 49.2 Å². The van der Waals surface area contributed by atoms with Crippen molar-refractivity contribution in [3.63, 3.8) is 0 Å². The molecule has 0 atom stereocenters. The summed E-state index contributed by atoms with van der Waals surface area (Å²) in [6, 6.07) is 12.9. The highest BCUT2D eigenvalue weighted by molar-refractivity contribution is 5.95. The molecule has 0 saturated heterocycles. The molecular formula is C19H16N2O2. The Bertz CT molecular complexity index is 915. The second kappa shape index (κ2) is 5.98. The number of aryl methyl sites for hydroxylation is 2. The lowest BCUT2D eigenvalue weighted by Crippen LogP contribution is -2.14. The molecule has 0 spiro atoms.